The van der Waals surface area contributed by atoms with Crippen molar-refractivity contribution in [3.63, 3.8) is 0 Å². The van der Waals surface area contributed by atoms with Gasteiger partial charge in [0, 0.05) is 23.5 Å². The van der Waals surface area contributed by atoms with Crippen molar-refractivity contribution in [1.29, 1.82) is 0 Å². The van der Waals surface area contributed by atoms with Crippen LogP contribution in [0.15, 0.2) is 72.9 Å². The van der Waals surface area contributed by atoms with Gasteiger partial charge in [-0.15, -0.1) is 0 Å². The van der Waals surface area contributed by atoms with E-state index in [4.69, 9.17) is 0 Å². The van der Waals surface area contributed by atoms with E-state index in [1.807, 2.05) is 60.7 Å². The molecule has 0 aliphatic carbocycles. The number of halogens is 1. The molecule has 0 radical (unpaired) electrons. The summed E-state index contributed by atoms with van der Waals surface area (Å²) in [5.74, 6) is -0.902. The van der Waals surface area contributed by atoms with Gasteiger partial charge in [-0.25, -0.2) is 4.98 Å². The number of hydrogen-bond acceptors (Lipinski definition) is 2. The van der Waals surface area contributed by atoms with Gasteiger partial charge in [-0.2, -0.15) is 4.39 Å². The fourth-order valence-corrected chi connectivity index (χ4v) is 2.53. The Bertz CT molecular complexity index is 835. The number of hydrogen-bond donors (Lipinski definition) is 0. The Morgan fingerprint density at radius 3 is 2.33 bits per heavy atom. The summed E-state index contributed by atoms with van der Waals surface area (Å²) in [7, 11) is 0. The van der Waals surface area contributed by atoms with E-state index in [0.717, 1.165) is 11.3 Å². The van der Waals surface area contributed by atoms with Crippen molar-refractivity contribution < 1.29 is 9.18 Å². The Morgan fingerprint density at radius 1 is 1.04 bits per heavy atom. The number of aromatic nitrogens is 1. The first-order valence-corrected chi connectivity index (χ1v) is 7.68. The van der Waals surface area contributed by atoms with Crippen molar-refractivity contribution in [2.75, 3.05) is 4.90 Å². The smallest absolute Gasteiger partial charge is 0.259 e. The quantitative estimate of drug-likeness (QED) is 0.669. The molecule has 0 saturated heterocycles. The van der Waals surface area contributed by atoms with Crippen LogP contribution in [0.2, 0.25) is 0 Å². The molecule has 0 N–H and O–H groups in total. The van der Waals surface area contributed by atoms with Crippen molar-refractivity contribution in [3.8, 4) is 0 Å². The molecule has 4 heteroatoms. The van der Waals surface area contributed by atoms with Crippen molar-refractivity contribution in [3.05, 3.63) is 95.6 Å². The maximum absolute atomic E-state index is 13.5. The fourth-order valence-electron chi connectivity index (χ4n) is 2.53. The van der Waals surface area contributed by atoms with E-state index in [1.54, 1.807) is 11.8 Å². The average molecular weight is 320 g/mol. The van der Waals surface area contributed by atoms with E-state index in [9.17, 15) is 9.18 Å². The second-order valence-electron chi connectivity index (χ2n) is 5.53. The van der Waals surface area contributed by atoms with Gasteiger partial charge in [0.05, 0.1) is 6.54 Å². The number of amides is 1. The third-order valence-electron chi connectivity index (χ3n) is 3.80. The highest BCUT2D eigenvalue weighted by Gasteiger charge is 2.20. The SMILES string of the molecule is Cc1cnc(F)cc1C(=O)N(Cc1ccccc1)c1ccccc1. The van der Waals surface area contributed by atoms with Crippen LogP contribution in [0, 0.1) is 12.9 Å². The Balaban J connectivity index is 2.01. The van der Waals surface area contributed by atoms with Crippen LogP contribution in [-0.2, 0) is 6.54 Å². The Labute approximate surface area is 140 Å². The lowest BCUT2D eigenvalue weighted by atomic mass is 10.1. The van der Waals surface area contributed by atoms with Gasteiger partial charge in [-0.1, -0.05) is 48.5 Å². The third-order valence-corrected chi connectivity index (χ3v) is 3.80. The molecule has 24 heavy (non-hydrogen) atoms. The van der Waals surface area contributed by atoms with Gasteiger partial charge in [0.1, 0.15) is 0 Å². The molecular formula is C20H17FN2O. The number of anilines is 1. The lowest BCUT2D eigenvalue weighted by Gasteiger charge is -2.24. The van der Waals surface area contributed by atoms with Crippen LogP contribution in [0.5, 0.6) is 0 Å². The molecule has 0 aliphatic rings. The number of benzene rings is 2. The monoisotopic (exact) mass is 320 g/mol. The van der Waals surface area contributed by atoms with Gasteiger partial charge in [-0.3, -0.25) is 4.79 Å². The van der Waals surface area contributed by atoms with Crippen LogP contribution in [0.1, 0.15) is 21.5 Å². The van der Waals surface area contributed by atoms with Gasteiger partial charge >= 0.3 is 0 Å². The minimum Gasteiger partial charge on any atom is -0.304 e. The Hall–Kier alpha value is -3.01. The molecule has 0 bridgehead atoms. The molecular weight excluding hydrogens is 303 g/mol. The number of rotatable bonds is 4. The summed E-state index contributed by atoms with van der Waals surface area (Å²) in [6.45, 7) is 2.17. The summed E-state index contributed by atoms with van der Waals surface area (Å²) >= 11 is 0. The molecule has 1 heterocycles. The standard InChI is InChI=1S/C20H17FN2O/c1-15-13-22-19(21)12-18(15)20(24)23(17-10-6-3-7-11-17)14-16-8-4-2-5-9-16/h2-13H,14H2,1H3. The van der Waals surface area contributed by atoms with Crippen LogP contribution < -0.4 is 4.90 Å². The first-order valence-electron chi connectivity index (χ1n) is 7.68. The lowest BCUT2D eigenvalue weighted by Crippen LogP contribution is -2.31. The van der Waals surface area contributed by atoms with E-state index >= 15 is 0 Å². The zero-order valence-electron chi connectivity index (χ0n) is 13.3. The number of para-hydroxylation sites is 1. The average Bonchev–Trinajstić information content (AvgIpc) is 2.63. The van der Waals surface area contributed by atoms with Gasteiger partial charge in [0.25, 0.3) is 5.91 Å². The molecule has 0 fully saturated rings. The number of carbonyl (C=O) groups is 1. The summed E-state index contributed by atoms with van der Waals surface area (Å²) in [5, 5.41) is 0. The van der Waals surface area contributed by atoms with Crippen LogP contribution in [0.4, 0.5) is 10.1 Å². The first kappa shape index (κ1) is 15.9. The van der Waals surface area contributed by atoms with Crippen molar-refractivity contribution in [2.24, 2.45) is 0 Å². The minimum absolute atomic E-state index is 0.246. The van der Waals surface area contributed by atoms with Crippen LogP contribution >= 0.6 is 0 Å². The highest BCUT2D eigenvalue weighted by molar-refractivity contribution is 6.06. The lowest BCUT2D eigenvalue weighted by molar-refractivity contribution is 0.0984. The summed E-state index contributed by atoms with van der Waals surface area (Å²) in [5.41, 5.74) is 2.74. The molecule has 2 aromatic carbocycles. The second kappa shape index (κ2) is 7.04. The molecule has 1 aromatic heterocycles. The summed E-state index contributed by atoms with van der Waals surface area (Å²) in [6, 6.07) is 20.3. The van der Waals surface area contributed by atoms with E-state index in [1.165, 1.54) is 12.3 Å². The molecule has 0 saturated carbocycles. The van der Waals surface area contributed by atoms with E-state index in [-0.39, 0.29) is 5.91 Å². The van der Waals surface area contributed by atoms with Crippen LogP contribution in [-0.4, -0.2) is 10.9 Å². The first-order chi connectivity index (χ1) is 11.6. The molecule has 3 nitrogen and oxygen atoms in total. The van der Waals surface area contributed by atoms with E-state index in [2.05, 4.69) is 4.98 Å². The number of pyridine rings is 1. The highest BCUT2D eigenvalue weighted by atomic mass is 19.1. The highest BCUT2D eigenvalue weighted by Crippen LogP contribution is 2.21. The molecule has 120 valence electrons. The number of aryl methyl sites for hydroxylation is 1. The maximum atomic E-state index is 13.5. The maximum Gasteiger partial charge on any atom is 0.259 e. The topological polar surface area (TPSA) is 33.2 Å². The summed E-state index contributed by atoms with van der Waals surface area (Å²) in [6.07, 6.45) is 1.38. The van der Waals surface area contributed by atoms with Gasteiger partial charge in [0.15, 0.2) is 0 Å². The third kappa shape index (κ3) is 3.49. The zero-order chi connectivity index (χ0) is 16.9. The van der Waals surface area contributed by atoms with E-state index in [0.29, 0.717) is 17.7 Å². The Morgan fingerprint density at radius 2 is 1.67 bits per heavy atom. The van der Waals surface area contributed by atoms with Crippen molar-refractivity contribution >= 4 is 11.6 Å². The predicted molar refractivity (Wildman–Crippen MR) is 92.3 cm³/mol. The zero-order valence-corrected chi connectivity index (χ0v) is 13.3. The van der Waals surface area contributed by atoms with Gasteiger partial charge in [-0.05, 0) is 30.2 Å². The fraction of sp³-hybridized carbons (Fsp3) is 0.100. The normalized spacial score (nSPS) is 10.4. The van der Waals surface area contributed by atoms with Crippen molar-refractivity contribution in [2.45, 2.75) is 13.5 Å². The molecule has 0 spiro atoms. The molecule has 3 aromatic rings. The Kier molecular flexibility index (Phi) is 4.66. The molecule has 0 aliphatic heterocycles. The van der Waals surface area contributed by atoms with Gasteiger partial charge in [0.2, 0.25) is 5.95 Å². The minimum atomic E-state index is -0.656. The number of carbonyl (C=O) groups excluding carboxylic acids is 1. The molecule has 3 rings (SSSR count). The van der Waals surface area contributed by atoms with Gasteiger partial charge < -0.3 is 4.90 Å². The molecule has 1 amide bonds. The summed E-state index contributed by atoms with van der Waals surface area (Å²) < 4.78 is 13.5. The van der Waals surface area contributed by atoms with Crippen LogP contribution in [0.3, 0.4) is 0 Å². The molecule has 0 unspecified atom stereocenters. The second-order valence-corrected chi connectivity index (χ2v) is 5.53. The largest absolute Gasteiger partial charge is 0.304 e. The number of nitrogens with zero attached hydrogens (tertiary/aromatic N) is 2. The van der Waals surface area contributed by atoms with Crippen molar-refractivity contribution in [1.82, 2.24) is 4.98 Å². The molecule has 0 atom stereocenters. The van der Waals surface area contributed by atoms with E-state index < -0.39 is 5.95 Å². The predicted octanol–water partition coefficient (Wildman–Crippen LogP) is 4.38. The van der Waals surface area contributed by atoms with Crippen LogP contribution in [0.25, 0.3) is 0 Å². The summed E-state index contributed by atoms with van der Waals surface area (Å²) in [4.78, 5) is 18.3.